The number of hydrogen-bond acceptors (Lipinski definition) is 3. The Labute approximate surface area is 109 Å². The Morgan fingerprint density at radius 2 is 1.83 bits per heavy atom. The smallest absolute Gasteiger partial charge is 0.0684 e. The predicted molar refractivity (Wildman–Crippen MR) is 72.9 cm³/mol. The molecule has 0 bridgehead atoms. The Balaban J connectivity index is 2.66. The first kappa shape index (κ1) is 14.7. The zero-order valence-electron chi connectivity index (χ0n) is 11.4. The van der Waals surface area contributed by atoms with Crippen LogP contribution in [0.15, 0.2) is 30.3 Å². The summed E-state index contributed by atoms with van der Waals surface area (Å²) in [5, 5.41) is 21.9. The molecule has 0 aliphatic carbocycles. The van der Waals surface area contributed by atoms with E-state index in [2.05, 4.69) is 11.4 Å². The first-order valence-electron chi connectivity index (χ1n) is 6.26. The molecule has 0 saturated heterocycles. The third kappa shape index (κ3) is 3.83. The maximum Gasteiger partial charge on any atom is 0.0684 e. The van der Waals surface area contributed by atoms with Gasteiger partial charge in [0.05, 0.1) is 23.6 Å². The first-order valence-corrected chi connectivity index (χ1v) is 6.26. The summed E-state index contributed by atoms with van der Waals surface area (Å²) in [6, 6.07) is 12.2. The largest absolute Gasteiger partial charge is 0.394 e. The van der Waals surface area contributed by atoms with Crippen molar-refractivity contribution in [1.29, 1.82) is 5.26 Å². The van der Waals surface area contributed by atoms with Gasteiger partial charge in [-0.25, -0.2) is 0 Å². The number of hydrogen-bond donors (Lipinski definition) is 2. The first-order chi connectivity index (χ1) is 8.43. The van der Waals surface area contributed by atoms with Gasteiger partial charge >= 0.3 is 0 Å². The molecule has 0 saturated carbocycles. The zero-order valence-corrected chi connectivity index (χ0v) is 11.4. The molecule has 0 amide bonds. The van der Waals surface area contributed by atoms with E-state index in [4.69, 9.17) is 5.26 Å². The van der Waals surface area contributed by atoms with Gasteiger partial charge in [-0.3, -0.25) is 0 Å². The van der Waals surface area contributed by atoms with Crippen molar-refractivity contribution in [2.24, 2.45) is 5.41 Å². The van der Waals surface area contributed by atoms with Gasteiger partial charge in [0.25, 0.3) is 0 Å². The Bertz CT molecular complexity index is 408. The minimum atomic E-state index is -0.452. The molecule has 2 N–H and O–H groups in total. The number of rotatable bonds is 6. The van der Waals surface area contributed by atoms with E-state index in [-0.39, 0.29) is 12.0 Å². The van der Waals surface area contributed by atoms with Crippen molar-refractivity contribution in [3.05, 3.63) is 35.9 Å². The van der Waals surface area contributed by atoms with Crippen LogP contribution in [-0.2, 0) is 5.54 Å². The van der Waals surface area contributed by atoms with Crippen molar-refractivity contribution in [3.8, 4) is 6.07 Å². The van der Waals surface area contributed by atoms with Crippen LogP contribution in [0.1, 0.15) is 32.8 Å². The second-order valence-corrected chi connectivity index (χ2v) is 5.53. The van der Waals surface area contributed by atoms with Gasteiger partial charge < -0.3 is 10.4 Å². The number of nitrogens with zero attached hydrogens (tertiary/aromatic N) is 1. The van der Waals surface area contributed by atoms with Crippen LogP contribution in [-0.4, -0.2) is 18.3 Å². The van der Waals surface area contributed by atoms with Gasteiger partial charge in [0.2, 0.25) is 0 Å². The van der Waals surface area contributed by atoms with Crippen LogP contribution in [0.25, 0.3) is 0 Å². The fourth-order valence-corrected chi connectivity index (χ4v) is 1.76. The summed E-state index contributed by atoms with van der Waals surface area (Å²) >= 11 is 0. The van der Waals surface area contributed by atoms with Crippen LogP contribution in [0, 0.1) is 16.7 Å². The highest BCUT2D eigenvalue weighted by Crippen LogP contribution is 2.22. The van der Waals surface area contributed by atoms with Gasteiger partial charge in [0, 0.05) is 0 Å². The second kappa shape index (κ2) is 5.99. The SMILES string of the molecule is CC(C)(C#N)CCNC(C)(CO)c1ccccc1. The summed E-state index contributed by atoms with van der Waals surface area (Å²) in [6.07, 6.45) is 0.756. The summed E-state index contributed by atoms with van der Waals surface area (Å²) in [4.78, 5) is 0. The zero-order chi connectivity index (χ0) is 13.6. The van der Waals surface area contributed by atoms with E-state index in [9.17, 15) is 5.11 Å². The van der Waals surface area contributed by atoms with Crippen molar-refractivity contribution in [1.82, 2.24) is 5.32 Å². The molecule has 0 heterocycles. The van der Waals surface area contributed by atoms with Crippen LogP contribution in [0.4, 0.5) is 0 Å². The summed E-state index contributed by atoms with van der Waals surface area (Å²) < 4.78 is 0. The van der Waals surface area contributed by atoms with Gasteiger partial charge in [-0.2, -0.15) is 5.26 Å². The molecule has 0 aliphatic rings. The average Bonchev–Trinajstić information content (AvgIpc) is 2.39. The lowest BCUT2D eigenvalue weighted by Gasteiger charge is -2.30. The Hall–Kier alpha value is -1.37. The molecule has 1 aromatic rings. The van der Waals surface area contributed by atoms with Gasteiger partial charge in [0.1, 0.15) is 0 Å². The summed E-state index contributed by atoms with van der Waals surface area (Å²) in [5.41, 5.74) is 0.273. The monoisotopic (exact) mass is 246 g/mol. The molecule has 0 aromatic heterocycles. The fourth-order valence-electron chi connectivity index (χ4n) is 1.76. The molecule has 18 heavy (non-hydrogen) atoms. The fraction of sp³-hybridized carbons (Fsp3) is 0.533. The minimum absolute atomic E-state index is 0.0317. The van der Waals surface area contributed by atoms with E-state index in [1.54, 1.807) is 0 Å². The molecule has 0 radical (unpaired) electrons. The highest BCUT2D eigenvalue weighted by Gasteiger charge is 2.26. The average molecular weight is 246 g/mol. The van der Waals surface area contributed by atoms with Gasteiger partial charge in [-0.1, -0.05) is 30.3 Å². The van der Waals surface area contributed by atoms with Crippen LogP contribution < -0.4 is 5.32 Å². The molecule has 0 fully saturated rings. The number of nitriles is 1. The Kier molecular flexibility index (Phi) is 4.89. The highest BCUT2D eigenvalue weighted by molar-refractivity contribution is 5.23. The third-order valence-corrected chi connectivity index (χ3v) is 3.29. The lowest BCUT2D eigenvalue weighted by molar-refractivity contribution is 0.171. The normalized spacial score (nSPS) is 14.8. The molecule has 0 aliphatic heterocycles. The van der Waals surface area contributed by atoms with E-state index in [0.29, 0.717) is 6.54 Å². The van der Waals surface area contributed by atoms with Crippen LogP contribution in [0.2, 0.25) is 0 Å². The van der Waals surface area contributed by atoms with Crippen molar-refractivity contribution >= 4 is 0 Å². The van der Waals surface area contributed by atoms with Crippen LogP contribution in [0.5, 0.6) is 0 Å². The van der Waals surface area contributed by atoms with E-state index in [1.165, 1.54) is 0 Å². The van der Waals surface area contributed by atoms with Crippen molar-refractivity contribution in [2.45, 2.75) is 32.7 Å². The summed E-state index contributed by atoms with van der Waals surface area (Å²) in [7, 11) is 0. The van der Waals surface area contributed by atoms with E-state index < -0.39 is 5.54 Å². The summed E-state index contributed by atoms with van der Waals surface area (Å²) in [5.74, 6) is 0. The molecule has 1 atom stereocenters. The number of aliphatic hydroxyl groups excluding tert-OH is 1. The molecule has 98 valence electrons. The van der Waals surface area contributed by atoms with Crippen molar-refractivity contribution < 1.29 is 5.11 Å². The van der Waals surface area contributed by atoms with Gasteiger partial charge in [0.15, 0.2) is 0 Å². The van der Waals surface area contributed by atoms with Crippen LogP contribution >= 0.6 is 0 Å². The molecular weight excluding hydrogens is 224 g/mol. The van der Waals surface area contributed by atoms with Gasteiger partial charge in [-0.05, 0) is 39.3 Å². The van der Waals surface area contributed by atoms with Gasteiger partial charge in [-0.15, -0.1) is 0 Å². The molecule has 1 rings (SSSR count). The summed E-state index contributed by atoms with van der Waals surface area (Å²) in [6.45, 7) is 6.55. The lowest BCUT2D eigenvalue weighted by atomic mass is 9.89. The predicted octanol–water partition coefficient (Wildman–Crippen LogP) is 2.42. The van der Waals surface area contributed by atoms with E-state index in [0.717, 1.165) is 12.0 Å². The molecule has 0 spiro atoms. The number of aliphatic hydroxyl groups is 1. The molecule has 1 aromatic carbocycles. The lowest BCUT2D eigenvalue weighted by Crippen LogP contribution is -2.44. The third-order valence-electron chi connectivity index (χ3n) is 3.29. The second-order valence-electron chi connectivity index (χ2n) is 5.53. The quantitative estimate of drug-likeness (QED) is 0.810. The van der Waals surface area contributed by atoms with E-state index >= 15 is 0 Å². The molecule has 3 nitrogen and oxygen atoms in total. The van der Waals surface area contributed by atoms with Crippen LogP contribution in [0.3, 0.4) is 0 Å². The minimum Gasteiger partial charge on any atom is -0.394 e. The molecule has 1 unspecified atom stereocenters. The highest BCUT2D eigenvalue weighted by atomic mass is 16.3. The molecule has 3 heteroatoms. The topological polar surface area (TPSA) is 56.0 Å². The maximum atomic E-state index is 9.60. The Morgan fingerprint density at radius 3 is 2.33 bits per heavy atom. The maximum absolute atomic E-state index is 9.60. The molecular formula is C15H22N2O. The number of benzene rings is 1. The number of nitrogens with one attached hydrogen (secondary N) is 1. The van der Waals surface area contributed by atoms with Crippen molar-refractivity contribution in [3.63, 3.8) is 0 Å². The Morgan fingerprint density at radius 1 is 1.22 bits per heavy atom. The van der Waals surface area contributed by atoms with E-state index in [1.807, 2.05) is 51.1 Å². The standard InChI is InChI=1S/C15H22N2O/c1-14(2,11-16)9-10-17-15(3,12-18)13-7-5-4-6-8-13/h4-8,17-18H,9-10,12H2,1-3H3. The van der Waals surface area contributed by atoms with Crippen molar-refractivity contribution in [2.75, 3.05) is 13.2 Å².